The summed E-state index contributed by atoms with van der Waals surface area (Å²) < 4.78 is 28.6. The van der Waals surface area contributed by atoms with Crippen molar-refractivity contribution in [2.75, 3.05) is 12.1 Å². The fraction of sp³-hybridized carbons (Fsp3) is 0.650. The predicted molar refractivity (Wildman–Crippen MR) is 124 cm³/mol. The molecule has 1 aliphatic rings. The average Bonchev–Trinajstić information content (AvgIpc) is 3.42. The number of ether oxygens (including phenoxy) is 1. The maximum atomic E-state index is 14.0. The van der Waals surface area contributed by atoms with Crippen LogP contribution in [0.1, 0.15) is 53.4 Å². The summed E-state index contributed by atoms with van der Waals surface area (Å²) in [7, 11) is -3.78. The van der Waals surface area contributed by atoms with Gasteiger partial charge in [-0.3, -0.25) is 9.36 Å². The number of hydrogen-bond acceptors (Lipinski definition) is 9. The number of oxime groups is 1. The number of carbonyl (C=O) groups is 1. The summed E-state index contributed by atoms with van der Waals surface area (Å²) in [5.74, 6) is -0.817. The van der Waals surface area contributed by atoms with Gasteiger partial charge < -0.3 is 24.8 Å². The van der Waals surface area contributed by atoms with Crippen LogP contribution in [0.25, 0.3) is 11.2 Å². The molecule has 1 unspecified atom stereocenters. The van der Waals surface area contributed by atoms with E-state index < -0.39 is 25.6 Å². The predicted octanol–water partition coefficient (Wildman–Crippen LogP) is 3.09. The Balaban J connectivity index is 1.78. The third-order valence-corrected chi connectivity index (χ3v) is 7.84. The smallest absolute Gasteiger partial charge is 0.367 e. The molecule has 3 N–H and O–H groups in total. The topological polar surface area (TPSA) is 158 Å². The summed E-state index contributed by atoms with van der Waals surface area (Å²) in [6.45, 7) is 7.18. The summed E-state index contributed by atoms with van der Waals surface area (Å²) in [4.78, 5) is 24.1. The molecular formula is C20H32N7O5P. The second-order valence-electron chi connectivity index (χ2n) is 8.51. The molecular weight excluding hydrogens is 449 g/mol. The minimum absolute atomic E-state index is 0.284. The molecule has 0 bridgehead atoms. The second-order valence-corrected chi connectivity index (χ2v) is 10.7. The highest BCUT2D eigenvalue weighted by atomic mass is 31.2. The van der Waals surface area contributed by atoms with Crippen LogP contribution < -0.4 is 5.73 Å². The number of imidazole rings is 1. The highest BCUT2D eigenvalue weighted by Crippen LogP contribution is 2.54. The van der Waals surface area contributed by atoms with Crippen molar-refractivity contribution in [2.45, 2.75) is 78.1 Å². The zero-order chi connectivity index (χ0) is 24.2. The molecule has 0 aliphatic heterocycles. The van der Waals surface area contributed by atoms with Crippen molar-refractivity contribution in [2.24, 2.45) is 5.16 Å². The number of carboxylic acids is 1. The first kappa shape index (κ1) is 25.1. The van der Waals surface area contributed by atoms with E-state index in [1.165, 1.54) is 17.9 Å². The summed E-state index contributed by atoms with van der Waals surface area (Å²) in [6.07, 6.45) is 5.80. The van der Waals surface area contributed by atoms with Crippen molar-refractivity contribution >= 4 is 36.2 Å². The Morgan fingerprint density at radius 3 is 2.61 bits per heavy atom. The van der Waals surface area contributed by atoms with Gasteiger partial charge in [-0.25, -0.2) is 19.6 Å². The molecule has 1 fully saturated rings. The lowest BCUT2D eigenvalue weighted by molar-refractivity contribution is -0.141. The van der Waals surface area contributed by atoms with E-state index in [1.54, 1.807) is 24.7 Å². The van der Waals surface area contributed by atoms with Crippen LogP contribution in [0.5, 0.6) is 0 Å². The first-order valence-electron chi connectivity index (χ1n) is 11.0. The van der Waals surface area contributed by atoms with E-state index in [1.807, 2.05) is 6.92 Å². The van der Waals surface area contributed by atoms with Crippen molar-refractivity contribution in [1.29, 1.82) is 0 Å². The Morgan fingerprint density at radius 2 is 1.97 bits per heavy atom. The van der Waals surface area contributed by atoms with E-state index in [9.17, 15) is 14.5 Å². The summed E-state index contributed by atoms with van der Waals surface area (Å²) in [5, 5.41) is 13.7. The minimum Gasteiger partial charge on any atom is -0.480 e. The van der Waals surface area contributed by atoms with Gasteiger partial charge in [0, 0.05) is 6.04 Å². The monoisotopic (exact) mass is 481 g/mol. The molecule has 182 valence electrons. The molecule has 33 heavy (non-hydrogen) atoms. The fourth-order valence-electron chi connectivity index (χ4n) is 3.89. The van der Waals surface area contributed by atoms with Gasteiger partial charge in [-0.1, -0.05) is 5.16 Å². The quantitative estimate of drug-likeness (QED) is 0.361. The molecule has 0 radical (unpaired) electrons. The van der Waals surface area contributed by atoms with Crippen LogP contribution in [0.3, 0.4) is 0 Å². The lowest BCUT2D eigenvalue weighted by Crippen LogP contribution is -2.42. The fourth-order valence-corrected chi connectivity index (χ4v) is 6.17. The zero-order valence-corrected chi connectivity index (χ0v) is 20.3. The first-order chi connectivity index (χ1) is 15.6. The normalized spacial score (nSPS) is 17.9. The number of nitrogens with two attached hydrogens (primary N) is 1. The Kier molecular flexibility index (Phi) is 8.04. The van der Waals surface area contributed by atoms with Crippen LogP contribution in [0.2, 0.25) is 0 Å². The second kappa shape index (κ2) is 10.6. The lowest BCUT2D eigenvalue weighted by Gasteiger charge is -2.35. The van der Waals surface area contributed by atoms with Crippen molar-refractivity contribution in [1.82, 2.24) is 24.2 Å². The van der Waals surface area contributed by atoms with Crippen molar-refractivity contribution in [3.8, 4) is 0 Å². The van der Waals surface area contributed by atoms with E-state index in [-0.39, 0.29) is 18.2 Å². The number of carboxylic acid groups (broad SMARTS) is 1. The van der Waals surface area contributed by atoms with E-state index in [0.29, 0.717) is 17.7 Å². The first-order valence-corrected chi connectivity index (χ1v) is 12.8. The number of rotatable bonds is 11. The summed E-state index contributed by atoms with van der Waals surface area (Å²) in [5.41, 5.74) is 7.72. The molecule has 0 aromatic carbocycles. The third-order valence-electron chi connectivity index (χ3n) is 5.52. The van der Waals surface area contributed by atoms with Gasteiger partial charge in [0.15, 0.2) is 11.5 Å². The number of anilines is 1. The van der Waals surface area contributed by atoms with Crippen LogP contribution in [-0.4, -0.2) is 65.5 Å². The van der Waals surface area contributed by atoms with Gasteiger partial charge in [-0.05, 0) is 53.4 Å². The van der Waals surface area contributed by atoms with Gasteiger partial charge in [-0.15, -0.1) is 0 Å². The Bertz CT molecular complexity index is 1050. The van der Waals surface area contributed by atoms with E-state index in [2.05, 4.69) is 20.1 Å². The molecule has 12 nitrogen and oxygen atoms in total. The number of aliphatic carboxylic acids is 1. The van der Waals surface area contributed by atoms with Gasteiger partial charge in [0.1, 0.15) is 24.2 Å². The van der Waals surface area contributed by atoms with E-state index in [0.717, 1.165) is 31.4 Å². The van der Waals surface area contributed by atoms with Crippen LogP contribution in [-0.2, 0) is 25.3 Å². The lowest BCUT2D eigenvalue weighted by atomic mass is 10.3. The Labute approximate surface area is 192 Å². The van der Waals surface area contributed by atoms with Crippen molar-refractivity contribution in [3.63, 3.8) is 0 Å². The maximum Gasteiger partial charge on any atom is 0.367 e. The third kappa shape index (κ3) is 5.87. The minimum atomic E-state index is -3.78. The van der Waals surface area contributed by atoms with E-state index >= 15 is 0 Å². The molecule has 3 atom stereocenters. The molecule has 13 heteroatoms. The number of aromatic nitrogens is 4. The molecule has 0 spiro atoms. The van der Waals surface area contributed by atoms with Gasteiger partial charge in [-0.2, -0.15) is 0 Å². The number of hydrogen-bond donors (Lipinski definition) is 2. The highest BCUT2D eigenvalue weighted by Gasteiger charge is 2.42. The Hall–Kier alpha value is -2.56. The molecule has 2 aromatic rings. The van der Waals surface area contributed by atoms with Crippen LogP contribution in [0, 0.1) is 0 Å². The molecule has 0 saturated heterocycles. The summed E-state index contributed by atoms with van der Waals surface area (Å²) >= 11 is 0. The molecule has 0 amide bonds. The van der Waals surface area contributed by atoms with Crippen LogP contribution in [0.15, 0.2) is 17.8 Å². The maximum absolute atomic E-state index is 14.0. The number of fused-ring (bicyclic) bond motifs is 1. The SMILES string of the molecule is CC(C)N([C@@H](C)C(=O)O)P(=O)(CO[C@H](C)Cn1cnc2c(N)ncnc21)ON=C1CCCC1. The standard InChI is InChI=1S/C20H32N7O5P/c1-13(2)27(15(4)20(28)29)33(30,32-25-16-7-5-6-8-16)12-31-14(3)9-26-11-24-17-18(21)22-10-23-19(17)26/h10-11,13-15H,5-9,12H2,1-4H3,(H,28,29)(H2,21,22,23)/t14-,15+,33?/m1/s1. The molecule has 2 heterocycles. The molecule has 1 aliphatic carbocycles. The Morgan fingerprint density at radius 1 is 1.27 bits per heavy atom. The molecule has 2 aromatic heterocycles. The zero-order valence-electron chi connectivity index (χ0n) is 19.4. The number of nitrogen functional groups attached to an aromatic ring is 1. The van der Waals surface area contributed by atoms with Gasteiger partial charge in [0.05, 0.1) is 24.7 Å². The van der Waals surface area contributed by atoms with Crippen LogP contribution >= 0.6 is 7.52 Å². The van der Waals surface area contributed by atoms with E-state index in [4.69, 9.17) is 15.1 Å². The molecule has 3 rings (SSSR count). The largest absolute Gasteiger partial charge is 0.480 e. The van der Waals surface area contributed by atoms with Crippen molar-refractivity contribution < 1.29 is 23.8 Å². The van der Waals surface area contributed by atoms with Gasteiger partial charge >= 0.3 is 13.5 Å². The van der Waals surface area contributed by atoms with Crippen LogP contribution in [0.4, 0.5) is 5.82 Å². The number of nitrogens with zero attached hydrogens (tertiary/aromatic N) is 6. The summed E-state index contributed by atoms with van der Waals surface area (Å²) in [6, 6.07) is -1.42. The molecule has 1 saturated carbocycles. The average molecular weight is 481 g/mol. The van der Waals surface area contributed by atoms with Crippen molar-refractivity contribution in [3.05, 3.63) is 12.7 Å². The van der Waals surface area contributed by atoms with Gasteiger partial charge in [0.2, 0.25) is 0 Å². The highest BCUT2D eigenvalue weighted by molar-refractivity contribution is 7.56. The van der Waals surface area contributed by atoms with Gasteiger partial charge in [0.25, 0.3) is 0 Å².